The van der Waals surface area contributed by atoms with Gasteiger partial charge in [0.15, 0.2) is 11.4 Å². The van der Waals surface area contributed by atoms with Gasteiger partial charge in [-0.2, -0.15) is 10.4 Å². The summed E-state index contributed by atoms with van der Waals surface area (Å²) in [5.41, 5.74) is -1.04. The molecule has 1 saturated heterocycles. The smallest absolute Gasteiger partial charge is 0.332 e. The van der Waals surface area contributed by atoms with Gasteiger partial charge in [0.2, 0.25) is 0 Å². The molecule has 2 aromatic heterocycles. The molecule has 9 heteroatoms. The Hall–Kier alpha value is -3.15. The van der Waals surface area contributed by atoms with Gasteiger partial charge in [-0.3, -0.25) is 13.9 Å². The summed E-state index contributed by atoms with van der Waals surface area (Å²) >= 11 is 0. The normalized spacial score (nSPS) is 17.0. The van der Waals surface area contributed by atoms with Crippen molar-refractivity contribution in [3.8, 4) is 6.07 Å². The Kier molecular flexibility index (Phi) is 4.75. The summed E-state index contributed by atoms with van der Waals surface area (Å²) in [6, 6.07) is 5.75. The Labute approximate surface area is 150 Å². The number of aromatic nitrogens is 4. The number of hydrogen-bond acceptors (Lipinski definition) is 7. The number of likely N-dealkylation sites (N-methyl/N-ethyl adjacent to an activating group) is 1. The molecule has 26 heavy (non-hydrogen) atoms. The maximum Gasteiger partial charge on any atom is 0.332 e. The first-order valence-electron chi connectivity index (χ1n) is 8.41. The average Bonchev–Trinajstić information content (AvgIpc) is 2.69. The number of rotatable bonds is 3. The summed E-state index contributed by atoms with van der Waals surface area (Å²) < 4.78 is 2.32. The van der Waals surface area contributed by atoms with Crippen LogP contribution < -0.4 is 21.0 Å². The van der Waals surface area contributed by atoms with E-state index in [0.29, 0.717) is 12.4 Å². The predicted molar refractivity (Wildman–Crippen MR) is 97.3 cm³/mol. The van der Waals surface area contributed by atoms with Crippen molar-refractivity contribution in [1.29, 1.82) is 5.26 Å². The highest BCUT2D eigenvalue weighted by Gasteiger charge is 2.28. The van der Waals surface area contributed by atoms with E-state index >= 15 is 0 Å². The third-order valence-corrected chi connectivity index (χ3v) is 4.91. The van der Waals surface area contributed by atoms with Crippen LogP contribution in [0.15, 0.2) is 27.9 Å². The van der Waals surface area contributed by atoms with E-state index in [-0.39, 0.29) is 11.6 Å². The van der Waals surface area contributed by atoms with Crippen LogP contribution in [0.1, 0.15) is 18.4 Å². The first-order chi connectivity index (χ1) is 12.5. The van der Waals surface area contributed by atoms with Gasteiger partial charge < -0.3 is 9.80 Å². The maximum atomic E-state index is 12.3. The van der Waals surface area contributed by atoms with E-state index in [1.807, 2.05) is 30.1 Å². The van der Waals surface area contributed by atoms with Gasteiger partial charge in [0.25, 0.3) is 5.56 Å². The molecule has 136 valence electrons. The van der Waals surface area contributed by atoms with E-state index in [1.54, 1.807) is 13.2 Å². The topological polar surface area (TPSA) is 100 Å². The third kappa shape index (κ3) is 2.94. The van der Waals surface area contributed by atoms with Crippen molar-refractivity contribution >= 4 is 11.6 Å². The standard InChI is InChI=1S/C17H21N7O2/c1-21(15-13(10-18)16(25)23(3)17(26)22(15)2)12-6-5-9-24(11-12)14-7-4-8-19-20-14/h4,7-8,12H,5-6,9,11H2,1-3H3. The van der Waals surface area contributed by atoms with E-state index in [4.69, 9.17) is 0 Å². The van der Waals surface area contributed by atoms with Gasteiger partial charge in [-0.25, -0.2) is 4.79 Å². The van der Waals surface area contributed by atoms with Gasteiger partial charge in [0, 0.05) is 46.5 Å². The third-order valence-electron chi connectivity index (χ3n) is 4.91. The molecule has 1 fully saturated rings. The highest BCUT2D eigenvalue weighted by atomic mass is 16.2. The molecule has 3 rings (SSSR count). The molecule has 9 nitrogen and oxygen atoms in total. The number of hydrogen-bond donors (Lipinski definition) is 0. The van der Waals surface area contributed by atoms with Gasteiger partial charge in [-0.1, -0.05) is 0 Å². The molecular formula is C17H21N7O2. The van der Waals surface area contributed by atoms with Crippen LogP contribution in [0.25, 0.3) is 0 Å². The molecule has 0 radical (unpaired) electrons. The molecule has 1 aliphatic heterocycles. The van der Waals surface area contributed by atoms with E-state index in [1.165, 1.54) is 11.6 Å². The Morgan fingerprint density at radius 2 is 2.08 bits per heavy atom. The molecule has 0 bridgehead atoms. The van der Waals surface area contributed by atoms with Gasteiger partial charge in [0.1, 0.15) is 11.9 Å². The van der Waals surface area contributed by atoms with Gasteiger partial charge in [-0.15, -0.1) is 5.10 Å². The second-order valence-electron chi connectivity index (χ2n) is 6.45. The molecule has 1 unspecified atom stereocenters. The van der Waals surface area contributed by atoms with Crippen LogP contribution in [0.2, 0.25) is 0 Å². The summed E-state index contributed by atoms with van der Waals surface area (Å²) in [6.07, 6.45) is 3.46. The summed E-state index contributed by atoms with van der Waals surface area (Å²) in [6.45, 7) is 1.53. The van der Waals surface area contributed by atoms with E-state index in [0.717, 1.165) is 29.8 Å². The van der Waals surface area contributed by atoms with Crippen molar-refractivity contribution in [2.45, 2.75) is 18.9 Å². The largest absolute Gasteiger partial charge is 0.355 e. The van der Waals surface area contributed by atoms with Gasteiger partial charge in [0.05, 0.1) is 0 Å². The van der Waals surface area contributed by atoms with Crippen molar-refractivity contribution in [2.75, 3.05) is 29.9 Å². The average molecular weight is 355 g/mol. The van der Waals surface area contributed by atoms with Gasteiger partial charge in [-0.05, 0) is 25.0 Å². The van der Waals surface area contributed by atoms with Crippen LogP contribution in [-0.4, -0.2) is 45.5 Å². The minimum Gasteiger partial charge on any atom is -0.355 e. The number of nitrogens with zero attached hydrogens (tertiary/aromatic N) is 7. The monoisotopic (exact) mass is 355 g/mol. The Morgan fingerprint density at radius 1 is 1.31 bits per heavy atom. The maximum absolute atomic E-state index is 12.3. The summed E-state index contributed by atoms with van der Waals surface area (Å²) in [7, 11) is 4.78. The predicted octanol–water partition coefficient (Wildman–Crippen LogP) is -0.149. The van der Waals surface area contributed by atoms with Crippen molar-refractivity contribution in [2.24, 2.45) is 14.1 Å². The lowest BCUT2D eigenvalue weighted by atomic mass is 10.0. The van der Waals surface area contributed by atoms with Crippen molar-refractivity contribution in [3.05, 3.63) is 44.7 Å². The molecule has 0 spiro atoms. The van der Waals surface area contributed by atoms with Crippen LogP contribution >= 0.6 is 0 Å². The van der Waals surface area contributed by atoms with Crippen LogP contribution in [-0.2, 0) is 14.1 Å². The van der Waals surface area contributed by atoms with Crippen molar-refractivity contribution in [3.63, 3.8) is 0 Å². The number of anilines is 2. The van der Waals surface area contributed by atoms with Crippen molar-refractivity contribution < 1.29 is 0 Å². The number of nitriles is 1. The molecule has 1 atom stereocenters. The zero-order valence-electron chi connectivity index (χ0n) is 15.1. The van der Waals surface area contributed by atoms with E-state index in [2.05, 4.69) is 15.1 Å². The highest BCUT2D eigenvalue weighted by Crippen LogP contribution is 2.24. The molecule has 0 N–H and O–H groups in total. The van der Waals surface area contributed by atoms with Crippen LogP contribution in [0, 0.1) is 11.3 Å². The quantitative estimate of drug-likeness (QED) is 0.755. The van der Waals surface area contributed by atoms with Crippen LogP contribution in [0.4, 0.5) is 11.6 Å². The van der Waals surface area contributed by atoms with Crippen molar-refractivity contribution in [1.82, 2.24) is 19.3 Å². The van der Waals surface area contributed by atoms with Gasteiger partial charge >= 0.3 is 5.69 Å². The minimum absolute atomic E-state index is 0.0197. The highest BCUT2D eigenvalue weighted by molar-refractivity contribution is 5.54. The fraction of sp³-hybridized carbons (Fsp3) is 0.471. The zero-order chi connectivity index (χ0) is 18.8. The Bertz CT molecular complexity index is 958. The Morgan fingerprint density at radius 3 is 2.73 bits per heavy atom. The second-order valence-corrected chi connectivity index (χ2v) is 6.45. The molecule has 1 aliphatic rings. The number of piperidine rings is 1. The molecule has 2 aromatic rings. The second kappa shape index (κ2) is 7.00. The molecule has 0 aromatic carbocycles. The van der Waals surface area contributed by atoms with Crippen LogP contribution in [0.3, 0.4) is 0 Å². The molecule has 0 saturated carbocycles. The fourth-order valence-corrected chi connectivity index (χ4v) is 3.46. The summed E-state index contributed by atoms with van der Waals surface area (Å²) in [5, 5.41) is 17.6. The molecular weight excluding hydrogens is 334 g/mol. The van der Waals surface area contributed by atoms with Crippen LogP contribution in [0.5, 0.6) is 0 Å². The SMILES string of the molecule is CN(c1c(C#N)c(=O)n(C)c(=O)n1C)C1CCCN(c2cccnn2)C1. The molecule has 0 amide bonds. The lowest BCUT2D eigenvalue weighted by Gasteiger charge is -2.39. The van der Waals surface area contributed by atoms with E-state index < -0.39 is 11.2 Å². The fourth-order valence-electron chi connectivity index (χ4n) is 3.46. The lowest BCUT2D eigenvalue weighted by Crippen LogP contribution is -2.50. The first-order valence-corrected chi connectivity index (χ1v) is 8.41. The van der Waals surface area contributed by atoms with E-state index in [9.17, 15) is 14.9 Å². The zero-order valence-corrected chi connectivity index (χ0v) is 15.1. The first kappa shape index (κ1) is 17.7. The Balaban J connectivity index is 1.97. The molecule has 3 heterocycles. The molecule has 0 aliphatic carbocycles. The minimum atomic E-state index is -0.570. The summed E-state index contributed by atoms with van der Waals surface area (Å²) in [4.78, 5) is 28.6. The lowest BCUT2D eigenvalue weighted by molar-refractivity contribution is 0.476. The summed E-state index contributed by atoms with van der Waals surface area (Å²) in [5.74, 6) is 1.15.